The minimum atomic E-state index is -0.326. The van der Waals surface area contributed by atoms with Crippen LogP contribution in [0.5, 0.6) is 0 Å². The smallest absolute Gasteiger partial charge is 0.338 e. The van der Waals surface area contributed by atoms with Gasteiger partial charge in [-0.15, -0.1) is 0 Å². The van der Waals surface area contributed by atoms with E-state index in [-0.39, 0.29) is 5.97 Å². The van der Waals surface area contributed by atoms with Crippen molar-refractivity contribution in [2.24, 2.45) is 0 Å². The van der Waals surface area contributed by atoms with E-state index in [1.54, 1.807) is 30.9 Å². The molecule has 2 aromatic carbocycles. The second kappa shape index (κ2) is 9.35. The number of imidazole rings is 1. The van der Waals surface area contributed by atoms with Gasteiger partial charge in [0.2, 0.25) is 0 Å². The number of aromatic nitrogens is 3. The fourth-order valence-corrected chi connectivity index (χ4v) is 4.61. The summed E-state index contributed by atoms with van der Waals surface area (Å²) in [5.74, 6) is 0.496. The zero-order chi connectivity index (χ0) is 21.8. The SMILES string of the molecule is CCOC(=O)c1ccc2c(c1)nc(SCc1ccc(C)cc1C)n2Cc1ccccn1. The monoisotopic (exact) mass is 431 g/mol. The summed E-state index contributed by atoms with van der Waals surface area (Å²) in [4.78, 5) is 21.5. The average Bonchev–Trinajstić information content (AvgIpc) is 3.10. The van der Waals surface area contributed by atoms with Crippen molar-refractivity contribution in [3.05, 3.63) is 88.7 Å². The number of rotatable bonds is 7. The second-order valence-corrected chi connectivity index (χ2v) is 8.39. The Morgan fingerprint density at radius 1 is 1.10 bits per heavy atom. The average molecular weight is 432 g/mol. The first-order chi connectivity index (χ1) is 15.0. The molecule has 158 valence electrons. The molecule has 0 aliphatic carbocycles. The lowest BCUT2D eigenvalue weighted by atomic mass is 10.1. The Bertz CT molecular complexity index is 1220. The van der Waals surface area contributed by atoms with E-state index >= 15 is 0 Å². The van der Waals surface area contributed by atoms with Gasteiger partial charge in [0.05, 0.1) is 35.4 Å². The van der Waals surface area contributed by atoms with Crippen LogP contribution >= 0.6 is 11.8 Å². The molecule has 5 nitrogen and oxygen atoms in total. The number of hydrogen-bond acceptors (Lipinski definition) is 5. The van der Waals surface area contributed by atoms with E-state index < -0.39 is 0 Å². The van der Waals surface area contributed by atoms with Crippen LogP contribution in [0.25, 0.3) is 11.0 Å². The summed E-state index contributed by atoms with van der Waals surface area (Å²) < 4.78 is 7.32. The first-order valence-electron chi connectivity index (χ1n) is 10.3. The van der Waals surface area contributed by atoms with Crippen molar-refractivity contribution in [2.45, 2.75) is 38.2 Å². The van der Waals surface area contributed by atoms with Gasteiger partial charge in [-0.2, -0.15) is 0 Å². The van der Waals surface area contributed by atoms with E-state index in [2.05, 4.69) is 41.6 Å². The zero-order valence-corrected chi connectivity index (χ0v) is 18.8. The molecule has 0 aliphatic rings. The fraction of sp³-hybridized carbons (Fsp3) is 0.240. The van der Waals surface area contributed by atoms with E-state index in [4.69, 9.17) is 9.72 Å². The maximum absolute atomic E-state index is 12.2. The third-order valence-electron chi connectivity index (χ3n) is 5.13. The first-order valence-corrected chi connectivity index (χ1v) is 11.3. The zero-order valence-electron chi connectivity index (χ0n) is 18.0. The summed E-state index contributed by atoms with van der Waals surface area (Å²) in [6.45, 7) is 7.02. The Balaban J connectivity index is 1.70. The quantitative estimate of drug-likeness (QED) is 0.283. The second-order valence-electron chi connectivity index (χ2n) is 7.44. The number of esters is 1. The fourth-order valence-electron chi connectivity index (χ4n) is 3.52. The minimum absolute atomic E-state index is 0.326. The largest absolute Gasteiger partial charge is 0.462 e. The molecule has 6 heteroatoms. The van der Waals surface area contributed by atoms with Crippen LogP contribution < -0.4 is 0 Å². The van der Waals surface area contributed by atoms with Crippen molar-refractivity contribution in [1.82, 2.24) is 14.5 Å². The molecule has 0 unspecified atom stereocenters. The summed E-state index contributed by atoms with van der Waals surface area (Å²) in [6, 6.07) is 18.0. The highest BCUT2D eigenvalue weighted by atomic mass is 32.2. The molecule has 0 spiro atoms. The molecule has 31 heavy (non-hydrogen) atoms. The number of carbonyl (C=O) groups excluding carboxylic acids is 1. The highest BCUT2D eigenvalue weighted by Gasteiger charge is 2.16. The van der Waals surface area contributed by atoms with Crippen molar-refractivity contribution in [3.8, 4) is 0 Å². The molecule has 0 fully saturated rings. The molecule has 0 aliphatic heterocycles. The molecule has 0 atom stereocenters. The van der Waals surface area contributed by atoms with E-state index in [1.807, 2.05) is 30.3 Å². The van der Waals surface area contributed by atoms with Crippen LogP contribution in [0.3, 0.4) is 0 Å². The molecule has 0 radical (unpaired) electrons. The molecule has 4 aromatic rings. The van der Waals surface area contributed by atoms with Gasteiger partial charge >= 0.3 is 5.97 Å². The van der Waals surface area contributed by atoms with E-state index in [9.17, 15) is 4.79 Å². The molecule has 2 aromatic heterocycles. The number of aryl methyl sites for hydroxylation is 2. The van der Waals surface area contributed by atoms with Crippen LogP contribution in [0.1, 0.15) is 39.7 Å². The lowest BCUT2D eigenvalue weighted by Crippen LogP contribution is -2.05. The number of carbonyl (C=O) groups is 1. The molecule has 4 rings (SSSR count). The lowest BCUT2D eigenvalue weighted by molar-refractivity contribution is 0.0526. The van der Waals surface area contributed by atoms with Gasteiger partial charge < -0.3 is 9.30 Å². The maximum Gasteiger partial charge on any atom is 0.338 e. The van der Waals surface area contributed by atoms with Crippen LogP contribution in [-0.4, -0.2) is 27.1 Å². The Kier molecular flexibility index (Phi) is 6.37. The maximum atomic E-state index is 12.2. The summed E-state index contributed by atoms with van der Waals surface area (Å²) in [5.41, 5.74) is 7.07. The minimum Gasteiger partial charge on any atom is -0.462 e. The highest BCUT2D eigenvalue weighted by Crippen LogP contribution is 2.29. The van der Waals surface area contributed by atoms with Crippen LogP contribution in [-0.2, 0) is 17.0 Å². The van der Waals surface area contributed by atoms with Crippen LogP contribution in [0.4, 0.5) is 0 Å². The molecule has 0 N–H and O–H groups in total. The molecule has 0 amide bonds. The Morgan fingerprint density at radius 3 is 2.71 bits per heavy atom. The summed E-state index contributed by atoms with van der Waals surface area (Å²) in [7, 11) is 0. The number of fused-ring (bicyclic) bond motifs is 1. The van der Waals surface area contributed by atoms with E-state index in [1.165, 1.54) is 16.7 Å². The predicted molar refractivity (Wildman–Crippen MR) is 125 cm³/mol. The Labute approximate surface area is 186 Å². The van der Waals surface area contributed by atoms with Crippen LogP contribution in [0.2, 0.25) is 0 Å². The normalized spacial score (nSPS) is 11.1. The molecular weight excluding hydrogens is 406 g/mol. The van der Waals surface area contributed by atoms with Gasteiger partial charge in [-0.25, -0.2) is 9.78 Å². The molecule has 0 saturated carbocycles. The molecule has 0 saturated heterocycles. The third kappa shape index (κ3) is 4.80. The van der Waals surface area contributed by atoms with Gasteiger partial charge in [0.15, 0.2) is 5.16 Å². The standard InChI is InChI=1S/C25H25N3O2S/c1-4-30-24(29)19-10-11-23-22(14-19)27-25(28(23)15-21-7-5-6-12-26-21)31-16-20-9-8-17(2)13-18(20)3/h5-14H,4,15-16H2,1-3H3. The van der Waals surface area contributed by atoms with Crippen molar-refractivity contribution in [2.75, 3.05) is 6.61 Å². The molecule has 2 heterocycles. The lowest BCUT2D eigenvalue weighted by Gasteiger charge is -2.10. The Morgan fingerprint density at radius 2 is 1.97 bits per heavy atom. The summed E-state index contributed by atoms with van der Waals surface area (Å²) >= 11 is 1.70. The van der Waals surface area contributed by atoms with Crippen molar-refractivity contribution >= 4 is 28.8 Å². The number of ether oxygens (including phenoxy) is 1. The molecular formula is C25H25N3O2S. The number of hydrogen-bond donors (Lipinski definition) is 0. The van der Waals surface area contributed by atoms with Gasteiger partial charge in [-0.05, 0) is 62.2 Å². The summed E-state index contributed by atoms with van der Waals surface area (Å²) in [6.07, 6.45) is 1.80. The van der Waals surface area contributed by atoms with Gasteiger partial charge in [0.25, 0.3) is 0 Å². The van der Waals surface area contributed by atoms with Gasteiger partial charge in [-0.3, -0.25) is 4.98 Å². The van der Waals surface area contributed by atoms with Gasteiger partial charge in [0.1, 0.15) is 0 Å². The number of thioether (sulfide) groups is 1. The number of pyridine rings is 1. The van der Waals surface area contributed by atoms with Crippen LogP contribution in [0.15, 0.2) is 66.0 Å². The number of nitrogens with zero attached hydrogens (tertiary/aromatic N) is 3. The van der Waals surface area contributed by atoms with Crippen molar-refractivity contribution in [3.63, 3.8) is 0 Å². The van der Waals surface area contributed by atoms with Crippen molar-refractivity contribution < 1.29 is 9.53 Å². The van der Waals surface area contributed by atoms with Gasteiger partial charge in [0, 0.05) is 11.9 Å². The van der Waals surface area contributed by atoms with E-state index in [0.717, 1.165) is 27.6 Å². The third-order valence-corrected chi connectivity index (χ3v) is 6.15. The predicted octanol–water partition coefficient (Wildman–Crippen LogP) is 5.57. The van der Waals surface area contributed by atoms with E-state index in [0.29, 0.717) is 18.7 Å². The van der Waals surface area contributed by atoms with Gasteiger partial charge in [-0.1, -0.05) is 41.6 Å². The summed E-state index contributed by atoms with van der Waals surface area (Å²) in [5, 5.41) is 0.904. The first kappa shape index (κ1) is 21.1. The Hall–Kier alpha value is -3.12. The van der Waals surface area contributed by atoms with Crippen LogP contribution in [0, 0.1) is 13.8 Å². The topological polar surface area (TPSA) is 57.0 Å². The molecule has 0 bridgehead atoms. The number of benzene rings is 2. The highest BCUT2D eigenvalue weighted by molar-refractivity contribution is 7.98. The van der Waals surface area contributed by atoms with Crippen molar-refractivity contribution in [1.29, 1.82) is 0 Å².